The van der Waals surface area contributed by atoms with Crippen molar-refractivity contribution in [3.05, 3.63) is 72.6 Å². The number of hydrogen-bond acceptors (Lipinski definition) is 6. The van der Waals surface area contributed by atoms with Gasteiger partial charge in [0.15, 0.2) is 0 Å². The van der Waals surface area contributed by atoms with Gasteiger partial charge in [-0.2, -0.15) is 13.2 Å². The molecule has 3 aromatic rings. The summed E-state index contributed by atoms with van der Waals surface area (Å²) in [4.78, 5) is 24.9. The molecular formula is C22H21F3N6OS. The third-order valence-corrected chi connectivity index (χ3v) is 5.61. The Kier molecular flexibility index (Phi) is 6.99. The van der Waals surface area contributed by atoms with E-state index in [0.717, 1.165) is 24.3 Å². The lowest BCUT2D eigenvalue weighted by molar-refractivity contribution is -0.0328. The monoisotopic (exact) mass is 474 g/mol. The van der Waals surface area contributed by atoms with Crippen molar-refractivity contribution in [3.63, 3.8) is 0 Å². The molecule has 1 saturated heterocycles. The van der Waals surface area contributed by atoms with Crippen LogP contribution in [0.25, 0.3) is 0 Å². The first-order valence-electron chi connectivity index (χ1n) is 10.1. The van der Waals surface area contributed by atoms with Crippen molar-refractivity contribution in [2.75, 3.05) is 35.3 Å². The van der Waals surface area contributed by atoms with Gasteiger partial charge in [0, 0.05) is 42.6 Å². The minimum Gasteiger partial charge on any atom is -0.357 e. The van der Waals surface area contributed by atoms with E-state index >= 15 is 0 Å². The zero-order valence-electron chi connectivity index (χ0n) is 17.4. The summed E-state index contributed by atoms with van der Waals surface area (Å²) >= 11 is -0.113. The first-order chi connectivity index (χ1) is 15.8. The number of alkyl halides is 3. The van der Waals surface area contributed by atoms with E-state index in [2.05, 4.69) is 30.4 Å². The van der Waals surface area contributed by atoms with Crippen molar-refractivity contribution >= 4 is 35.1 Å². The summed E-state index contributed by atoms with van der Waals surface area (Å²) in [5, 5.41) is 5.34. The highest BCUT2D eigenvalue weighted by atomic mass is 32.2. The SMILES string of the molecule is O=C(Nc1ccccn1)Nc1cc(CN2CCN(c3ccc(SC(F)(F)F)cc3)C2)ccn1. The lowest BCUT2D eigenvalue weighted by Gasteiger charge is -2.20. The fourth-order valence-electron chi connectivity index (χ4n) is 3.44. The largest absolute Gasteiger partial charge is 0.446 e. The van der Waals surface area contributed by atoms with Crippen molar-refractivity contribution in [2.45, 2.75) is 16.9 Å². The number of anilines is 3. The molecule has 2 aromatic heterocycles. The van der Waals surface area contributed by atoms with E-state index in [1.807, 2.05) is 12.1 Å². The number of nitrogens with one attached hydrogen (secondary N) is 2. The molecule has 1 aliphatic rings. The van der Waals surface area contributed by atoms with Crippen LogP contribution in [-0.2, 0) is 6.54 Å². The van der Waals surface area contributed by atoms with Gasteiger partial charge < -0.3 is 4.90 Å². The summed E-state index contributed by atoms with van der Waals surface area (Å²) in [6, 6.07) is 14.9. The zero-order valence-corrected chi connectivity index (χ0v) is 18.2. The number of carbonyl (C=O) groups is 1. The van der Waals surface area contributed by atoms with Crippen LogP contribution in [0.4, 0.5) is 35.3 Å². The van der Waals surface area contributed by atoms with Crippen molar-refractivity contribution in [3.8, 4) is 0 Å². The summed E-state index contributed by atoms with van der Waals surface area (Å²) in [5.41, 5.74) is -2.42. The number of benzene rings is 1. The molecule has 1 aliphatic heterocycles. The Morgan fingerprint density at radius 1 is 0.970 bits per heavy atom. The van der Waals surface area contributed by atoms with Crippen LogP contribution in [0.2, 0.25) is 0 Å². The Balaban J connectivity index is 1.30. The van der Waals surface area contributed by atoms with Crippen LogP contribution in [0.1, 0.15) is 5.56 Å². The number of carbonyl (C=O) groups excluding carboxylic acids is 1. The second kappa shape index (κ2) is 10.1. The van der Waals surface area contributed by atoms with Crippen LogP contribution in [0.15, 0.2) is 71.9 Å². The van der Waals surface area contributed by atoms with Gasteiger partial charge in [-0.05, 0) is 65.9 Å². The van der Waals surface area contributed by atoms with Crippen LogP contribution in [0.5, 0.6) is 0 Å². The van der Waals surface area contributed by atoms with Gasteiger partial charge >= 0.3 is 11.5 Å². The molecule has 0 atom stereocenters. The molecule has 0 aliphatic carbocycles. The van der Waals surface area contributed by atoms with Gasteiger partial charge in [0.2, 0.25) is 0 Å². The number of aromatic nitrogens is 2. The van der Waals surface area contributed by atoms with E-state index in [4.69, 9.17) is 0 Å². The van der Waals surface area contributed by atoms with E-state index in [9.17, 15) is 18.0 Å². The molecule has 0 unspecified atom stereocenters. The fraction of sp³-hybridized carbons (Fsp3) is 0.227. The minimum absolute atomic E-state index is 0.113. The molecule has 172 valence electrons. The highest BCUT2D eigenvalue weighted by molar-refractivity contribution is 8.00. The predicted molar refractivity (Wildman–Crippen MR) is 122 cm³/mol. The number of pyridine rings is 2. The number of urea groups is 1. The molecule has 33 heavy (non-hydrogen) atoms. The van der Waals surface area contributed by atoms with Crippen LogP contribution < -0.4 is 15.5 Å². The summed E-state index contributed by atoms with van der Waals surface area (Å²) in [6.45, 7) is 2.88. The smallest absolute Gasteiger partial charge is 0.357 e. The van der Waals surface area contributed by atoms with Gasteiger partial charge in [0.05, 0.1) is 6.67 Å². The molecule has 3 heterocycles. The normalized spacial score (nSPS) is 14.3. The van der Waals surface area contributed by atoms with Crippen LogP contribution in [-0.4, -0.2) is 46.2 Å². The van der Waals surface area contributed by atoms with Crippen molar-refractivity contribution in [2.24, 2.45) is 0 Å². The summed E-state index contributed by atoms with van der Waals surface area (Å²) < 4.78 is 37.5. The quantitative estimate of drug-likeness (QED) is 0.489. The third-order valence-electron chi connectivity index (χ3n) is 4.87. The van der Waals surface area contributed by atoms with Crippen LogP contribution in [0.3, 0.4) is 0 Å². The second-order valence-electron chi connectivity index (χ2n) is 7.34. The minimum atomic E-state index is -4.29. The first-order valence-corrected chi connectivity index (χ1v) is 10.9. The lowest BCUT2D eigenvalue weighted by atomic mass is 10.2. The van der Waals surface area contributed by atoms with E-state index in [-0.39, 0.29) is 16.7 Å². The van der Waals surface area contributed by atoms with Crippen LogP contribution in [0, 0.1) is 0 Å². The van der Waals surface area contributed by atoms with Gasteiger partial charge in [-0.1, -0.05) is 6.07 Å². The van der Waals surface area contributed by atoms with Gasteiger partial charge in [-0.25, -0.2) is 14.8 Å². The van der Waals surface area contributed by atoms with Crippen molar-refractivity contribution < 1.29 is 18.0 Å². The van der Waals surface area contributed by atoms with Gasteiger partial charge in [0.1, 0.15) is 11.6 Å². The molecule has 0 radical (unpaired) electrons. The summed E-state index contributed by atoms with van der Waals surface area (Å²) in [5.74, 6) is 0.864. The Hall–Kier alpha value is -3.31. The number of hydrogen-bond donors (Lipinski definition) is 2. The predicted octanol–water partition coefficient (Wildman–Crippen LogP) is 5.01. The number of rotatable bonds is 6. The lowest BCUT2D eigenvalue weighted by Crippen LogP contribution is -2.25. The standard InChI is InChI=1S/C22H21F3N6OS/c23-22(24,25)33-18-6-4-17(5-7-18)31-12-11-30(15-31)14-16-8-10-27-20(13-16)29-21(32)28-19-3-1-2-9-26-19/h1-10,13H,11-12,14-15H2,(H2,26,27,28,29,32). The fourth-order valence-corrected chi connectivity index (χ4v) is 3.98. The third kappa shape index (κ3) is 6.83. The maximum atomic E-state index is 12.5. The van der Waals surface area contributed by atoms with Gasteiger partial charge in [-0.3, -0.25) is 15.5 Å². The molecular weight excluding hydrogens is 453 g/mol. The van der Waals surface area contributed by atoms with E-state index in [0.29, 0.717) is 24.8 Å². The Labute approximate surface area is 193 Å². The Morgan fingerprint density at radius 3 is 2.45 bits per heavy atom. The second-order valence-corrected chi connectivity index (χ2v) is 8.48. The summed E-state index contributed by atoms with van der Waals surface area (Å²) in [6.07, 6.45) is 3.22. The molecule has 0 bridgehead atoms. The maximum absolute atomic E-state index is 12.5. The van der Waals surface area contributed by atoms with E-state index < -0.39 is 11.5 Å². The van der Waals surface area contributed by atoms with E-state index in [1.165, 1.54) is 12.1 Å². The first kappa shape index (κ1) is 22.9. The Morgan fingerprint density at radius 2 is 1.73 bits per heavy atom. The van der Waals surface area contributed by atoms with Gasteiger partial charge in [-0.15, -0.1) is 0 Å². The maximum Gasteiger partial charge on any atom is 0.446 e. The van der Waals surface area contributed by atoms with Crippen molar-refractivity contribution in [1.82, 2.24) is 14.9 Å². The highest BCUT2D eigenvalue weighted by Crippen LogP contribution is 2.37. The van der Waals surface area contributed by atoms with Crippen molar-refractivity contribution in [1.29, 1.82) is 0 Å². The average Bonchev–Trinajstić information content (AvgIpc) is 3.22. The molecule has 7 nitrogen and oxygen atoms in total. The number of halogens is 3. The summed E-state index contributed by atoms with van der Waals surface area (Å²) in [7, 11) is 0. The Bertz CT molecular complexity index is 1080. The molecule has 0 spiro atoms. The zero-order chi connectivity index (χ0) is 23.3. The molecule has 2 N–H and O–H groups in total. The molecule has 1 fully saturated rings. The number of nitrogens with zero attached hydrogens (tertiary/aromatic N) is 4. The topological polar surface area (TPSA) is 73.4 Å². The molecule has 1 aromatic carbocycles. The molecule has 11 heteroatoms. The van der Waals surface area contributed by atoms with Gasteiger partial charge in [0.25, 0.3) is 0 Å². The average molecular weight is 475 g/mol. The molecule has 4 rings (SSSR count). The van der Waals surface area contributed by atoms with E-state index in [1.54, 1.807) is 42.7 Å². The highest BCUT2D eigenvalue weighted by Gasteiger charge is 2.29. The molecule has 0 saturated carbocycles. The number of thioether (sulfide) groups is 1. The van der Waals surface area contributed by atoms with Crippen LogP contribution >= 0.6 is 11.8 Å². The molecule has 2 amide bonds. The number of amides is 2.